The Morgan fingerprint density at radius 2 is 1.76 bits per heavy atom. The highest BCUT2D eigenvalue weighted by Crippen LogP contribution is 2.32. The first-order valence-electron chi connectivity index (χ1n) is 8.16. The van der Waals surface area contributed by atoms with E-state index in [4.69, 9.17) is 21.1 Å². The van der Waals surface area contributed by atoms with Gasteiger partial charge in [-0.3, -0.25) is 4.68 Å². The number of hydrogen-bond donors (Lipinski definition) is 0. The molecule has 3 rings (SSSR count). The number of hydrogen-bond acceptors (Lipinski definition) is 3. The Labute approximate surface area is 153 Å². The second-order valence-corrected chi connectivity index (χ2v) is 6.23. The summed E-state index contributed by atoms with van der Waals surface area (Å²) in [5.41, 5.74) is 4.41. The van der Waals surface area contributed by atoms with Gasteiger partial charge < -0.3 is 9.47 Å². The zero-order valence-corrected chi connectivity index (χ0v) is 15.4. The van der Waals surface area contributed by atoms with E-state index < -0.39 is 0 Å². The third-order valence-corrected chi connectivity index (χ3v) is 4.41. The molecule has 0 N–H and O–H groups in total. The number of para-hydroxylation sites is 1. The molecule has 3 aromatic rings. The number of methoxy groups -OCH3 is 1. The zero-order chi connectivity index (χ0) is 17.8. The minimum atomic E-state index is 0.595. The minimum Gasteiger partial charge on any atom is -0.456 e. The van der Waals surface area contributed by atoms with Gasteiger partial charge in [0.15, 0.2) is 0 Å². The number of ether oxygens (including phenoxy) is 2. The van der Waals surface area contributed by atoms with E-state index in [0.29, 0.717) is 17.4 Å². The molecule has 0 saturated carbocycles. The van der Waals surface area contributed by atoms with Crippen molar-refractivity contribution >= 4 is 11.6 Å². The molecule has 2 aromatic carbocycles. The fraction of sp³-hybridized carbons (Fsp3) is 0.250. The summed E-state index contributed by atoms with van der Waals surface area (Å²) >= 11 is 6.14. The maximum absolute atomic E-state index is 6.14. The van der Waals surface area contributed by atoms with Gasteiger partial charge in [0.1, 0.15) is 11.5 Å². The lowest BCUT2D eigenvalue weighted by Crippen LogP contribution is -2.07. The lowest BCUT2D eigenvalue weighted by molar-refractivity contribution is 0.182. The Balaban J connectivity index is 1.83. The molecule has 4 nitrogen and oxygen atoms in total. The molecular weight excluding hydrogens is 336 g/mol. The highest BCUT2D eigenvalue weighted by atomic mass is 35.5. The van der Waals surface area contributed by atoms with Gasteiger partial charge in [-0.1, -0.05) is 35.9 Å². The molecule has 130 valence electrons. The van der Waals surface area contributed by atoms with Crippen molar-refractivity contribution in [2.24, 2.45) is 0 Å². The second kappa shape index (κ2) is 7.72. The zero-order valence-electron chi connectivity index (χ0n) is 14.6. The van der Waals surface area contributed by atoms with Crippen molar-refractivity contribution in [2.45, 2.75) is 20.4 Å². The molecule has 0 spiro atoms. The van der Waals surface area contributed by atoms with Crippen LogP contribution in [0.2, 0.25) is 5.02 Å². The lowest BCUT2D eigenvalue weighted by Gasteiger charge is -2.09. The number of aryl methyl sites for hydroxylation is 1. The average Bonchev–Trinajstić information content (AvgIpc) is 2.90. The van der Waals surface area contributed by atoms with Gasteiger partial charge in [0.05, 0.1) is 23.9 Å². The van der Waals surface area contributed by atoms with Crippen LogP contribution in [0.25, 0.3) is 11.1 Å². The van der Waals surface area contributed by atoms with Gasteiger partial charge in [0.2, 0.25) is 0 Å². The summed E-state index contributed by atoms with van der Waals surface area (Å²) in [6, 6.07) is 15.4. The average molecular weight is 357 g/mol. The summed E-state index contributed by atoms with van der Waals surface area (Å²) in [5, 5.41) is 5.21. The molecule has 1 heterocycles. The lowest BCUT2D eigenvalue weighted by atomic mass is 10.0. The second-order valence-electron chi connectivity index (χ2n) is 5.82. The van der Waals surface area contributed by atoms with Crippen LogP contribution in [-0.2, 0) is 11.3 Å². The summed E-state index contributed by atoms with van der Waals surface area (Å²) in [7, 11) is 1.70. The predicted octanol–water partition coefficient (Wildman–Crippen LogP) is 5.26. The van der Waals surface area contributed by atoms with Crippen LogP contribution >= 0.6 is 11.6 Å². The summed E-state index contributed by atoms with van der Waals surface area (Å²) in [4.78, 5) is 0. The molecule has 0 bridgehead atoms. The highest BCUT2D eigenvalue weighted by Gasteiger charge is 2.13. The minimum absolute atomic E-state index is 0.595. The highest BCUT2D eigenvalue weighted by molar-refractivity contribution is 6.32. The Morgan fingerprint density at radius 3 is 2.44 bits per heavy atom. The third-order valence-electron chi connectivity index (χ3n) is 4.10. The fourth-order valence-electron chi connectivity index (χ4n) is 2.85. The van der Waals surface area contributed by atoms with Crippen molar-refractivity contribution in [1.82, 2.24) is 9.78 Å². The summed E-state index contributed by atoms with van der Waals surface area (Å²) < 4.78 is 13.0. The molecule has 0 aliphatic carbocycles. The number of nitrogens with zero attached hydrogens (tertiary/aromatic N) is 2. The van der Waals surface area contributed by atoms with Crippen molar-refractivity contribution in [1.29, 1.82) is 0 Å². The van der Waals surface area contributed by atoms with Crippen LogP contribution < -0.4 is 4.74 Å². The molecule has 0 saturated heterocycles. The molecule has 25 heavy (non-hydrogen) atoms. The van der Waals surface area contributed by atoms with E-state index in [0.717, 1.165) is 34.8 Å². The summed E-state index contributed by atoms with van der Waals surface area (Å²) in [6.07, 6.45) is 0. The molecule has 0 amide bonds. The van der Waals surface area contributed by atoms with Crippen molar-refractivity contribution in [3.05, 3.63) is 64.9 Å². The SMILES string of the molecule is COCCn1nc(C)c(-c2ccc(Oc3ccccc3Cl)cc2)c1C. The van der Waals surface area contributed by atoms with Crippen LogP contribution in [-0.4, -0.2) is 23.5 Å². The van der Waals surface area contributed by atoms with Gasteiger partial charge >= 0.3 is 0 Å². The van der Waals surface area contributed by atoms with Gasteiger partial charge in [-0.25, -0.2) is 0 Å². The van der Waals surface area contributed by atoms with Crippen LogP contribution in [0.3, 0.4) is 0 Å². The van der Waals surface area contributed by atoms with E-state index in [-0.39, 0.29) is 0 Å². The van der Waals surface area contributed by atoms with Crippen LogP contribution in [0.15, 0.2) is 48.5 Å². The van der Waals surface area contributed by atoms with E-state index in [2.05, 4.69) is 12.0 Å². The Hall–Kier alpha value is -2.30. The van der Waals surface area contributed by atoms with Gasteiger partial charge in [0, 0.05) is 18.4 Å². The van der Waals surface area contributed by atoms with Crippen LogP contribution in [0.1, 0.15) is 11.4 Å². The van der Waals surface area contributed by atoms with Gasteiger partial charge in [-0.05, 0) is 43.7 Å². The smallest absolute Gasteiger partial charge is 0.146 e. The standard InChI is InChI=1S/C20H21ClN2O2/c1-14-20(15(2)23(22-14)12-13-24-3)16-8-10-17(11-9-16)25-19-7-5-4-6-18(19)21/h4-11H,12-13H2,1-3H3. The monoisotopic (exact) mass is 356 g/mol. The topological polar surface area (TPSA) is 36.3 Å². The van der Waals surface area contributed by atoms with Crippen LogP contribution in [0, 0.1) is 13.8 Å². The fourth-order valence-corrected chi connectivity index (χ4v) is 3.03. The predicted molar refractivity (Wildman–Crippen MR) is 101 cm³/mol. The maximum Gasteiger partial charge on any atom is 0.146 e. The molecule has 0 radical (unpaired) electrons. The normalized spacial score (nSPS) is 10.9. The Kier molecular flexibility index (Phi) is 5.41. The van der Waals surface area contributed by atoms with Crippen molar-refractivity contribution in [3.8, 4) is 22.6 Å². The van der Waals surface area contributed by atoms with E-state index in [1.54, 1.807) is 7.11 Å². The molecule has 5 heteroatoms. The van der Waals surface area contributed by atoms with Crippen molar-refractivity contribution < 1.29 is 9.47 Å². The van der Waals surface area contributed by atoms with Gasteiger partial charge in [-0.15, -0.1) is 0 Å². The Bertz CT molecular complexity index is 857. The summed E-state index contributed by atoms with van der Waals surface area (Å²) in [5.74, 6) is 1.40. The number of rotatable bonds is 6. The van der Waals surface area contributed by atoms with Gasteiger partial charge in [0.25, 0.3) is 0 Å². The number of aromatic nitrogens is 2. The quantitative estimate of drug-likeness (QED) is 0.604. The van der Waals surface area contributed by atoms with Crippen LogP contribution in [0.4, 0.5) is 0 Å². The maximum atomic E-state index is 6.14. The molecule has 0 aliphatic heterocycles. The molecular formula is C20H21ClN2O2. The third kappa shape index (κ3) is 3.86. The van der Waals surface area contributed by atoms with Crippen LogP contribution in [0.5, 0.6) is 11.5 Å². The van der Waals surface area contributed by atoms with E-state index >= 15 is 0 Å². The van der Waals surface area contributed by atoms with E-state index in [9.17, 15) is 0 Å². The molecule has 0 unspecified atom stereocenters. The first kappa shape index (κ1) is 17.5. The molecule has 0 atom stereocenters. The van der Waals surface area contributed by atoms with Crippen molar-refractivity contribution in [3.63, 3.8) is 0 Å². The molecule has 0 aliphatic rings. The number of benzene rings is 2. The number of halogens is 1. The Morgan fingerprint density at radius 1 is 1.04 bits per heavy atom. The van der Waals surface area contributed by atoms with E-state index in [1.807, 2.05) is 60.1 Å². The largest absolute Gasteiger partial charge is 0.456 e. The molecule has 1 aromatic heterocycles. The summed E-state index contributed by atoms with van der Waals surface area (Å²) in [6.45, 7) is 5.50. The van der Waals surface area contributed by atoms with Gasteiger partial charge in [-0.2, -0.15) is 5.10 Å². The first-order chi connectivity index (χ1) is 12.1. The molecule has 0 fully saturated rings. The first-order valence-corrected chi connectivity index (χ1v) is 8.53. The van der Waals surface area contributed by atoms with E-state index in [1.165, 1.54) is 0 Å². The van der Waals surface area contributed by atoms with Crippen molar-refractivity contribution in [2.75, 3.05) is 13.7 Å².